The molecule has 18 heavy (non-hydrogen) atoms. The van der Waals surface area contributed by atoms with Crippen LogP contribution in [0, 0.1) is 11.6 Å². The number of aliphatic hydroxyl groups excluding tert-OH is 1. The lowest BCUT2D eigenvalue weighted by molar-refractivity contribution is 0.199. The van der Waals surface area contributed by atoms with Crippen molar-refractivity contribution in [3.8, 4) is 0 Å². The average Bonchev–Trinajstić information content (AvgIpc) is 2.78. The van der Waals surface area contributed by atoms with Gasteiger partial charge in [-0.2, -0.15) is 0 Å². The van der Waals surface area contributed by atoms with Gasteiger partial charge in [0.1, 0.15) is 11.6 Å². The van der Waals surface area contributed by atoms with E-state index in [0.29, 0.717) is 5.56 Å². The number of halogens is 3. The zero-order valence-electron chi connectivity index (χ0n) is 9.70. The molecule has 0 fully saturated rings. The minimum Gasteiger partial charge on any atom is -0.389 e. The van der Waals surface area contributed by atoms with Gasteiger partial charge in [0.2, 0.25) is 0 Å². The molecule has 0 spiro atoms. The number of nitrogens with zero attached hydrogens (tertiary/aromatic N) is 1. The van der Waals surface area contributed by atoms with E-state index in [4.69, 9.17) is 0 Å². The largest absolute Gasteiger partial charge is 0.389 e. The first kappa shape index (κ1) is 13.2. The van der Waals surface area contributed by atoms with E-state index < -0.39 is 17.7 Å². The van der Waals surface area contributed by atoms with Crippen LogP contribution in [-0.2, 0) is 6.54 Å². The highest BCUT2D eigenvalue weighted by Gasteiger charge is 2.13. The second-order valence-electron chi connectivity index (χ2n) is 4.11. The highest BCUT2D eigenvalue weighted by atomic mass is 79.9. The molecule has 1 aromatic heterocycles. The van der Waals surface area contributed by atoms with Gasteiger partial charge in [0, 0.05) is 18.0 Å². The van der Waals surface area contributed by atoms with Crippen molar-refractivity contribution in [3.05, 3.63) is 57.8 Å². The summed E-state index contributed by atoms with van der Waals surface area (Å²) in [5.74, 6) is -1.18. The maximum Gasteiger partial charge on any atom is 0.145 e. The van der Waals surface area contributed by atoms with Crippen LogP contribution in [0.2, 0.25) is 0 Å². The molecule has 0 aliphatic heterocycles. The Morgan fingerprint density at radius 1 is 1.33 bits per heavy atom. The van der Waals surface area contributed by atoms with Crippen molar-refractivity contribution < 1.29 is 13.9 Å². The summed E-state index contributed by atoms with van der Waals surface area (Å²) in [5, 5.41) is 9.39. The standard InChI is InChI=1S/C13H12BrF2NO/c1-8(18)9-4-5-17(6-9)7-10-12(15)3-2-11(14)13(10)16/h2-6,8,18H,7H2,1H3. The Morgan fingerprint density at radius 3 is 2.67 bits per heavy atom. The van der Waals surface area contributed by atoms with E-state index >= 15 is 0 Å². The molecule has 0 aliphatic carbocycles. The molecule has 1 unspecified atom stereocenters. The van der Waals surface area contributed by atoms with Crippen molar-refractivity contribution in [2.24, 2.45) is 0 Å². The maximum atomic E-state index is 13.8. The number of hydrogen-bond donors (Lipinski definition) is 1. The normalized spacial score (nSPS) is 12.7. The molecule has 0 aliphatic rings. The van der Waals surface area contributed by atoms with Crippen molar-refractivity contribution in [1.82, 2.24) is 4.57 Å². The van der Waals surface area contributed by atoms with Crippen molar-refractivity contribution in [1.29, 1.82) is 0 Å². The van der Waals surface area contributed by atoms with E-state index in [2.05, 4.69) is 15.9 Å². The molecule has 5 heteroatoms. The number of aromatic nitrogens is 1. The van der Waals surface area contributed by atoms with Gasteiger partial charge in [-0.1, -0.05) is 0 Å². The molecule has 2 aromatic rings. The van der Waals surface area contributed by atoms with Gasteiger partial charge in [0.15, 0.2) is 0 Å². The molecular weight excluding hydrogens is 304 g/mol. The Labute approximate surface area is 112 Å². The van der Waals surface area contributed by atoms with Gasteiger partial charge < -0.3 is 9.67 Å². The quantitative estimate of drug-likeness (QED) is 0.860. The van der Waals surface area contributed by atoms with Crippen LogP contribution in [-0.4, -0.2) is 9.67 Å². The Hall–Kier alpha value is -1.20. The second-order valence-corrected chi connectivity index (χ2v) is 4.97. The highest BCUT2D eigenvalue weighted by molar-refractivity contribution is 9.10. The van der Waals surface area contributed by atoms with Gasteiger partial charge in [0.25, 0.3) is 0 Å². The fourth-order valence-corrected chi connectivity index (χ4v) is 2.07. The van der Waals surface area contributed by atoms with Crippen LogP contribution in [0.15, 0.2) is 35.1 Å². The lowest BCUT2D eigenvalue weighted by Crippen LogP contribution is -2.03. The van der Waals surface area contributed by atoms with Gasteiger partial charge >= 0.3 is 0 Å². The molecule has 1 aromatic carbocycles. The van der Waals surface area contributed by atoms with E-state index in [0.717, 1.165) is 0 Å². The summed E-state index contributed by atoms with van der Waals surface area (Å²) >= 11 is 3.03. The number of aliphatic hydroxyl groups is 1. The summed E-state index contributed by atoms with van der Waals surface area (Å²) in [6.45, 7) is 1.73. The monoisotopic (exact) mass is 315 g/mol. The van der Waals surface area contributed by atoms with Gasteiger partial charge in [-0.05, 0) is 46.6 Å². The van der Waals surface area contributed by atoms with Crippen LogP contribution in [0.5, 0.6) is 0 Å². The number of hydrogen-bond acceptors (Lipinski definition) is 1. The summed E-state index contributed by atoms with van der Waals surface area (Å²) in [6, 6.07) is 4.28. The van der Waals surface area contributed by atoms with E-state index in [-0.39, 0.29) is 16.6 Å². The zero-order chi connectivity index (χ0) is 13.3. The van der Waals surface area contributed by atoms with Crippen LogP contribution >= 0.6 is 15.9 Å². The summed E-state index contributed by atoms with van der Waals surface area (Å²) in [6.07, 6.45) is 2.76. The second kappa shape index (κ2) is 5.20. The molecule has 0 bridgehead atoms. The molecule has 0 radical (unpaired) electrons. The minimum absolute atomic E-state index is 0.00267. The summed E-state index contributed by atoms with van der Waals surface area (Å²) < 4.78 is 29.2. The highest BCUT2D eigenvalue weighted by Crippen LogP contribution is 2.23. The third-order valence-electron chi connectivity index (χ3n) is 2.74. The lowest BCUT2D eigenvalue weighted by atomic mass is 10.2. The Morgan fingerprint density at radius 2 is 2.06 bits per heavy atom. The van der Waals surface area contributed by atoms with Gasteiger partial charge in [-0.15, -0.1) is 0 Å². The molecule has 1 atom stereocenters. The first-order valence-corrected chi connectivity index (χ1v) is 6.24. The van der Waals surface area contributed by atoms with Gasteiger partial charge in [-0.25, -0.2) is 8.78 Å². The van der Waals surface area contributed by atoms with Gasteiger partial charge in [-0.3, -0.25) is 0 Å². The Balaban J connectivity index is 2.31. The predicted molar refractivity (Wildman–Crippen MR) is 68.2 cm³/mol. The van der Waals surface area contributed by atoms with Crippen molar-refractivity contribution in [2.45, 2.75) is 19.6 Å². The first-order chi connectivity index (χ1) is 8.49. The molecule has 1 N–H and O–H groups in total. The summed E-state index contributed by atoms with van der Waals surface area (Å²) in [7, 11) is 0. The average molecular weight is 316 g/mol. The first-order valence-electron chi connectivity index (χ1n) is 5.45. The Bertz CT molecular complexity index is 566. The van der Waals surface area contributed by atoms with Crippen LogP contribution in [0.3, 0.4) is 0 Å². The van der Waals surface area contributed by atoms with Gasteiger partial charge in [0.05, 0.1) is 17.1 Å². The smallest absolute Gasteiger partial charge is 0.145 e. The van der Waals surface area contributed by atoms with E-state index in [1.165, 1.54) is 12.1 Å². The lowest BCUT2D eigenvalue weighted by Gasteiger charge is -2.08. The van der Waals surface area contributed by atoms with Crippen molar-refractivity contribution >= 4 is 15.9 Å². The maximum absolute atomic E-state index is 13.8. The third kappa shape index (κ3) is 2.62. The fourth-order valence-electron chi connectivity index (χ4n) is 1.70. The zero-order valence-corrected chi connectivity index (χ0v) is 11.3. The molecule has 2 rings (SSSR count). The fraction of sp³-hybridized carbons (Fsp3) is 0.231. The number of benzene rings is 1. The van der Waals surface area contributed by atoms with E-state index in [1.54, 1.807) is 30.0 Å². The molecule has 0 amide bonds. The van der Waals surface area contributed by atoms with E-state index in [9.17, 15) is 13.9 Å². The van der Waals surface area contributed by atoms with Crippen LogP contribution in [0.4, 0.5) is 8.78 Å². The van der Waals surface area contributed by atoms with E-state index in [1.807, 2.05) is 0 Å². The number of rotatable bonds is 3. The third-order valence-corrected chi connectivity index (χ3v) is 3.35. The minimum atomic E-state index is -0.595. The Kier molecular flexibility index (Phi) is 3.82. The molecule has 0 saturated heterocycles. The van der Waals surface area contributed by atoms with Crippen molar-refractivity contribution in [3.63, 3.8) is 0 Å². The van der Waals surface area contributed by atoms with Crippen LogP contribution in [0.1, 0.15) is 24.2 Å². The molecule has 1 heterocycles. The summed E-state index contributed by atoms with van der Waals surface area (Å²) in [4.78, 5) is 0. The molecular formula is C13H12BrF2NO. The van der Waals surface area contributed by atoms with Crippen molar-refractivity contribution in [2.75, 3.05) is 0 Å². The molecule has 0 saturated carbocycles. The SMILES string of the molecule is CC(O)c1ccn(Cc2c(F)ccc(Br)c2F)c1. The summed E-state index contributed by atoms with van der Waals surface area (Å²) in [5.41, 5.74) is 0.711. The van der Waals surface area contributed by atoms with Crippen LogP contribution < -0.4 is 0 Å². The molecule has 96 valence electrons. The molecule has 2 nitrogen and oxygen atoms in total. The van der Waals surface area contributed by atoms with Crippen LogP contribution in [0.25, 0.3) is 0 Å². The predicted octanol–water partition coefficient (Wildman–Crippen LogP) is 3.63. The topological polar surface area (TPSA) is 25.2 Å².